The fourth-order valence-corrected chi connectivity index (χ4v) is 3.30. The molecule has 100 valence electrons. The molecule has 1 rings (SSSR count). The van der Waals surface area contributed by atoms with E-state index < -0.39 is 10.0 Å². The molecule has 0 aromatic carbocycles. The summed E-state index contributed by atoms with van der Waals surface area (Å²) in [6.45, 7) is 5.18. The third kappa shape index (κ3) is 5.17. The molecule has 0 aromatic rings. The van der Waals surface area contributed by atoms with Gasteiger partial charge in [-0.05, 0) is 24.7 Å². The molecule has 0 aromatic heterocycles. The minimum absolute atomic E-state index is 0.213. The average Bonchev–Trinajstić information content (AvgIpc) is 2.15. The number of ketones is 1. The first-order valence-electron chi connectivity index (χ1n) is 6.26. The van der Waals surface area contributed by atoms with Crippen molar-refractivity contribution in [2.45, 2.75) is 39.5 Å². The monoisotopic (exact) mass is 261 g/mol. The van der Waals surface area contributed by atoms with Crippen molar-refractivity contribution in [3.05, 3.63) is 0 Å². The molecule has 1 heterocycles. The Balaban J connectivity index is 2.48. The van der Waals surface area contributed by atoms with Crippen molar-refractivity contribution in [2.24, 2.45) is 11.8 Å². The highest BCUT2D eigenvalue weighted by molar-refractivity contribution is 7.88. The van der Waals surface area contributed by atoms with Crippen LogP contribution in [0.5, 0.6) is 0 Å². The predicted molar refractivity (Wildman–Crippen MR) is 68.2 cm³/mol. The zero-order valence-electron chi connectivity index (χ0n) is 11.0. The largest absolute Gasteiger partial charge is 0.300 e. The SMILES string of the molecule is CC(C)CC(=O)CC1CCCN(S(C)(=O)=O)C1. The topological polar surface area (TPSA) is 54.5 Å². The summed E-state index contributed by atoms with van der Waals surface area (Å²) < 4.78 is 24.4. The number of Topliss-reactive ketones (excluding diaryl/α,β-unsaturated/α-hetero) is 1. The van der Waals surface area contributed by atoms with E-state index in [1.807, 2.05) is 13.8 Å². The quantitative estimate of drug-likeness (QED) is 0.756. The van der Waals surface area contributed by atoms with Crippen LogP contribution in [0.1, 0.15) is 39.5 Å². The molecule has 17 heavy (non-hydrogen) atoms. The van der Waals surface area contributed by atoms with E-state index in [0.717, 1.165) is 12.8 Å². The minimum atomic E-state index is -3.10. The first-order valence-corrected chi connectivity index (χ1v) is 8.10. The van der Waals surface area contributed by atoms with Gasteiger partial charge in [0.15, 0.2) is 0 Å². The van der Waals surface area contributed by atoms with Gasteiger partial charge in [-0.25, -0.2) is 12.7 Å². The molecule has 1 unspecified atom stereocenters. The Morgan fingerprint density at radius 3 is 2.59 bits per heavy atom. The maximum Gasteiger partial charge on any atom is 0.211 e. The molecule has 0 spiro atoms. The molecule has 5 heteroatoms. The first kappa shape index (κ1) is 14.6. The molecule has 0 saturated carbocycles. The lowest BCUT2D eigenvalue weighted by Crippen LogP contribution is -2.39. The van der Waals surface area contributed by atoms with Crippen molar-refractivity contribution in [2.75, 3.05) is 19.3 Å². The second-order valence-electron chi connectivity index (χ2n) is 5.47. The van der Waals surface area contributed by atoms with Crippen LogP contribution in [0.15, 0.2) is 0 Å². The lowest BCUT2D eigenvalue weighted by atomic mass is 9.91. The van der Waals surface area contributed by atoms with E-state index in [2.05, 4.69) is 0 Å². The van der Waals surface area contributed by atoms with Crippen LogP contribution < -0.4 is 0 Å². The highest BCUT2D eigenvalue weighted by atomic mass is 32.2. The number of piperidine rings is 1. The molecule has 1 aliphatic rings. The molecule has 0 aliphatic carbocycles. The number of hydrogen-bond donors (Lipinski definition) is 0. The Morgan fingerprint density at radius 2 is 2.06 bits per heavy atom. The molecule has 4 nitrogen and oxygen atoms in total. The Hall–Kier alpha value is -0.420. The van der Waals surface area contributed by atoms with Crippen LogP contribution in [0.4, 0.5) is 0 Å². The summed E-state index contributed by atoms with van der Waals surface area (Å²) in [7, 11) is -3.10. The van der Waals surface area contributed by atoms with E-state index in [9.17, 15) is 13.2 Å². The van der Waals surface area contributed by atoms with Crippen LogP contribution in [0, 0.1) is 11.8 Å². The average molecular weight is 261 g/mol. The number of hydrogen-bond acceptors (Lipinski definition) is 3. The number of rotatable bonds is 5. The third-order valence-corrected chi connectivity index (χ3v) is 4.37. The van der Waals surface area contributed by atoms with Gasteiger partial charge in [0, 0.05) is 25.9 Å². The minimum Gasteiger partial charge on any atom is -0.300 e. The first-order chi connectivity index (χ1) is 7.79. The smallest absolute Gasteiger partial charge is 0.211 e. The van der Waals surface area contributed by atoms with Gasteiger partial charge >= 0.3 is 0 Å². The summed E-state index contributed by atoms with van der Waals surface area (Å²) >= 11 is 0. The van der Waals surface area contributed by atoms with Gasteiger partial charge in [0.1, 0.15) is 5.78 Å². The summed E-state index contributed by atoms with van der Waals surface area (Å²) in [5.41, 5.74) is 0. The lowest BCUT2D eigenvalue weighted by molar-refractivity contribution is -0.120. The second-order valence-corrected chi connectivity index (χ2v) is 7.45. The Bertz CT molecular complexity index is 362. The van der Waals surface area contributed by atoms with Crippen molar-refractivity contribution in [1.29, 1.82) is 0 Å². The summed E-state index contributed by atoms with van der Waals surface area (Å²) in [6.07, 6.45) is 4.22. The maximum absolute atomic E-state index is 11.7. The van der Waals surface area contributed by atoms with Crippen LogP contribution >= 0.6 is 0 Å². The molecule has 0 radical (unpaired) electrons. The zero-order valence-corrected chi connectivity index (χ0v) is 11.8. The summed E-state index contributed by atoms with van der Waals surface area (Å²) in [4.78, 5) is 11.7. The van der Waals surface area contributed by atoms with Crippen LogP contribution in [0.3, 0.4) is 0 Å². The highest BCUT2D eigenvalue weighted by Gasteiger charge is 2.27. The lowest BCUT2D eigenvalue weighted by Gasteiger charge is -2.30. The Morgan fingerprint density at radius 1 is 1.41 bits per heavy atom. The van der Waals surface area contributed by atoms with Crippen molar-refractivity contribution in [3.8, 4) is 0 Å². The van der Waals surface area contributed by atoms with E-state index in [4.69, 9.17) is 0 Å². The van der Waals surface area contributed by atoms with Gasteiger partial charge in [-0.3, -0.25) is 4.79 Å². The van der Waals surface area contributed by atoms with Crippen molar-refractivity contribution >= 4 is 15.8 Å². The normalized spacial score (nSPS) is 22.9. The van der Waals surface area contributed by atoms with Crippen molar-refractivity contribution < 1.29 is 13.2 Å². The zero-order chi connectivity index (χ0) is 13.1. The van der Waals surface area contributed by atoms with Gasteiger partial charge in [-0.2, -0.15) is 0 Å². The molecule has 0 amide bonds. The fraction of sp³-hybridized carbons (Fsp3) is 0.917. The van der Waals surface area contributed by atoms with Crippen molar-refractivity contribution in [1.82, 2.24) is 4.31 Å². The molecule has 1 saturated heterocycles. The summed E-state index contributed by atoms with van der Waals surface area (Å²) in [5.74, 6) is 0.863. The second kappa shape index (κ2) is 5.96. The van der Waals surface area contributed by atoms with E-state index in [1.54, 1.807) is 0 Å². The number of carbonyl (C=O) groups excluding carboxylic acids is 1. The number of carbonyl (C=O) groups is 1. The van der Waals surface area contributed by atoms with Gasteiger partial charge in [-0.1, -0.05) is 13.8 Å². The van der Waals surface area contributed by atoms with Crippen LogP contribution in [0.2, 0.25) is 0 Å². The van der Waals surface area contributed by atoms with Crippen molar-refractivity contribution in [3.63, 3.8) is 0 Å². The standard InChI is InChI=1S/C12H23NO3S/c1-10(2)7-12(14)8-11-5-4-6-13(9-11)17(3,15)16/h10-11H,4-9H2,1-3H3. The van der Waals surface area contributed by atoms with Crippen LogP contribution in [-0.2, 0) is 14.8 Å². The maximum atomic E-state index is 11.7. The van der Waals surface area contributed by atoms with Gasteiger partial charge in [0.2, 0.25) is 10.0 Å². The molecule has 1 atom stereocenters. The molecular weight excluding hydrogens is 238 g/mol. The molecular formula is C12H23NO3S. The fourth-order valence-electron chi connectivity index (χ4n) is 2.36. The number of sulfonamides is 1. The van der Waals surface area contributed by atoms with Crippen LogP contribution in [-0.4, -0.2) is 37.9 Å². The van der Waals surface area contributed by atoms with Gasteiger partial charge in [0.05, 0.1) is 6.26 Å². The van der Waals surface area contributed by atoms with Crippen LogP contribution in [0.25, 0.3) is 0 Å². The van der Waals surface area contributed by atoms with E-state index in [1.165, 1.54) is 10.6 Å². The Kier molecular flexibility index (Phi) is 5.13. The van der Waals surface area contributed by atoms with E-state index in [0.29, 0.717) is 31.8 Å². The van der Waals surface area contributed by atoms with E-state index >= 15 is 0 Å². The van der Waals surface area contributed by atoms with E-state index in [-0.39, 0.29) is 11.7 Å². The van der Waals surface area contributed by atoms with Gasteiger partial charge in [-0.15, -0.1) is 0 Å². The molecule has 1 aliphatic heterocycles. The summed E-state index contributed by atoms with van der Waals surface area (Å²) in [6, 6.07) is 0. The predicted octanol–water partition coefficient (Wildman–Crippen LogP) is 1.66. The van der Waals surface area contributed by atoms with Gasteiger partial charge in [0.25, 0.3) is 0 Å². The molecule has 0 bridgehead atoms. The molecule has 0 N–H and O–H groups in total. The number of nitrogens with zero attached hydrogens (tertiary/aromatic N) is 1. The van der Waals surface area contributed by atoms with Gasteiger partial charge < -0.3 is 0 Å². The Labute approximate surface area is 104 Å². The third-order valence-electron chi connectivity index (χ3n) is 3.10. The molecule has 1 fully saturated rings. The summed E-state index contributed by atoms with van der Waals surface area (Å²) in [5, 5.41) is 0. The highest BCUT2D eigenvalue weighted by Crippen LogP contribution is 2.22.